The molecule has 1 aromatic heterocycles. The number of aliphatic imine (C=N–C) groups is 1. The first-order valence-corrected chi connectivity index (χ1v) is 10.9. The van der Waals surface area contributed by atoms with Crippen molar-refractivity contribution in [3.05, 3.63) is 88.9 Å². The van der Waals surface area contributed by atoms with E-state index in [1.54, 1.807) is 29.4 Å². The smallest absolute Gasteiger partial charge is 0.248 e. The van der Waals surface area contributed by atoms with Gasteiger partial charge in [-0.3, -0.25) is 9.79 Å². The van der Waals surface area contributed by atoms with Crippen LogP contribution >= 0.6 is 35.6 Å². The number of hydrogen-bond donors (Lipinski definition) is 1. The summed E-state index contributed by atoms with van der Waals surface area (Å²) in [6, 6.07) is 23.4. The third kappa shape index (κ3) is 4.41. The second-order valence-corrected chi connectivity index (χ2v) is 8.80. The quantitative estimate of drug-likeness (QED) is 0.375. The summed E-state index contributed by atoms with van der Waals surface area (Å²) < 4.78 is 2.04. The van der Waals surface area contributed by atoms with Gasteiger partial charge >= 0.3 is 0 Å². The maximum atomic E-state index is 12.0. The molecule has 0 atom stereocenters. The van der Waals surface area contributed by atoms with E-state index in [0.29, 0.717) is 5.02 Å². The highest BCUT2D eigenvalue weighted by Gasteiger charge is 2.22. The fourth-order valence-corrected chi connectivity index (χ4v) is 4.45. The second-order valence-electron chi connectivity index (χ2n) is 6.61. The van der Waals surface area contributed by atoms with Gasteiger partial charge in [0.1, 0.15) is 10.9 Å². The average molecular weight is 452 g/mol. The van der Waals surface area contributed by atoms with Crippen LogP contribution in [0.2, 0.25) is 5.02 Å². The minimum absolute atomic E-state index is 0.0282. The third-order valence-corrected chi connectivity index (χ3v) is 6.10. The fourth-order valence-electron chi connectivity index (χ4n) is 3.17. The van der Waals surface area contributed by atoms with Crippen molar-refractivity contribution in [3.8, 4) is 0 Å². The van der Waals surface area contributed by atoms with Gasteiger partial charge in [-0.25, -0.2) is 4.98 Å². The molecule has 1 aliphatic heterocycles. The molecular formula is C23H18ClN3OS2. The standard InChI is InChI=1S/C16H13ClN2O.C7H5NS2/c1-19-14-8-7-12(17)9-13(14)16(18-10-15(19)20)11-5-3-2-4-6-11;9-7-8-5-3-1-2-4-6(5)10-7/h2-9H,10H2,1H3;1-4H,(H,8,9). The van der Waals surface area contributed by atoms with E-state index in [4.69, 9.17) is 11.6 Å². The van der Waals surface area contributed by atoms with Gasteiger partial charge in [0.05, 0.1) is 21.6 Å². The van der Waals surface area contributed by atoms with Crippen LogP contribution in [0.1, 0.15) is 11.1 Å². The molecule has 7 heteroatoms. The summed E-state index contributed by atoms with van der Waals surface area (Å²) in [5.74, 6) is -0.0282. The molecule has 3 aromatic carbocycles. The Morgan fingerprint density at radius 1 is 1.03 bits per heavy atom. The van der Waals surface area contributed by atoms with Gasteiger partial charge in [-0.15, -0.1) is 24.0 Å². The van der Waals surface area contributed by atoms with Crippen LogP contribution in [-0.4, -0.2) is 30.2 Å². The van der Waals surface area contributed by atoms with Gasteiger partial charge in [-0.1, -0.05) is 54.1 Å². The lowest BCUT2D eigenvalue weighted by atomic mass is 10.0. The number of hydrogen-bond acceptors (Lipinski definition) is 5. The molecule has 30 heavy (non-hydrogen) atoms. The number of benzodiazepines with no additional fused rings is 1. The molecule has 1 amide bonds. The van der Waals surface area contributed by atoms with Gasteiger partial charge in [0.25, 0.3) is 0 Å². The van der Waals surface area contributed by atoms with Crippen LogP contribution in [0, 0.1) is 0 Å². The molecule has 0 N–H and O–H groups in total. The van der Waals surface area contributed by atoms with Crippen molar-refractivity contribution in [2.45, 2.75) is 4.34 Å². The Morgan fingerprint density at radius 2 is 1.77 bits per heavy atom. The molecular weight excluding hydrogens is 434 g/mol. The maximum Gasteiger partial charge on any atom is 0.248 e. The molecule has 0 saturated heterocycles. The summed E-state index contributed by atoms with van der Waals surface area (Å²) in [7, 11) is 1.76. The van der Waals surface area contributed by atoms with Crippen molar-refractivity contribution in [2.75, 3.05) is 18.5 Å². The molecule has 0 aliphatic carbocycles. The molecule has 5 rings (SSSR count). The van der Waals surface area contributed by atoms with Crippen molar-refractivity contribution in [3.63, 3.8) is 0 Å². The topological polar surface area (TPSA) is 45.6 Å². The minimum Gasteiger partial charge on any atom is -0.313 e. The number of para-hydroxylation sites is 1. The van der Waals surface area contributed by atoms with E-state index in [9.17, 15) is 4.79 Å². The predicted molar refractivity (Wildman–Crippen MR) is 129 cm³/mol. The normalized spacial score (nSPS) is 13.2. The predicted octanol–water partition coefficient (Wildman–Crippen LogP) is 5.74. The molecule has 1 aliphatic rings. The molecule has 0 bridgehead atoms. The van der Waals surface area contributed by atoms with Gasteiger partial charge in [-0.2, -0.15) is 0 Å². The zero-order chi connectivity index (χ0) is 21.1. The average Bonchev–Trinajstić information content (AvgIpc) is 3.09. The first-order chi connectivity index (χ1) is 14.5. The van der Waals surface area contributed by atoms with Gasteiger partial charge in [0.15, 0.2) is 0 Å². The number of carbonyl (C=O) groups is 1. The minimum atomic E-state index is -0.0282. The first kappa shape index (κ1) is 20.6. The van der Waals surface area contributed by atoms with Crippen molar-refractivity contribution in [1.82, 2.24) is 4.98 Å². The molecule has 0 unspecified atom stereocenters. The zero-order valence-electron chi connectivity index (χ0n) is 16.1. The molecule has 0 spiro atoms. The highest BCUT2D eigenvalue weighted by molar-refractivity contribution is 7.82. The number of thiol groups is 1. The number of fused-ring (bicyclic) bond motifs is 2. The Labute approximate surface area is 189 Å². The Morgan fingerprint density at radius 3 is 2.53 bits per heavy atom. The summed E-state index contributed by atoms with van der Waals surface area (Å²) in [5, 5.41) is 0.634. The van der Waals surface area contributed by atoms with Gasteiger partial charge < -0.3 is 4.90 Å². The number of likely N-dealkylation sites (N-methyl/N-ethyl adjacent to an activating group) is 1. The van der Waals surface area contributed by atoms with Crippen molar-refractivity contribution >= 4 is 63.1 Å². The van der Waals surface area contributed by atoms with Crippen molar-refractivity contribution < 1.29 is 4.79 Å². The van der Waals surface area contributed by atoms with E-state index in [1.807, 2.05) is 66.7 Å². The Balaban J connectivity index is 0.000000181. The zero-order valence-corrected chi connectivity index (χ0v) is 18.6. The summed E-state index contributed by atoms with van der Waals surface area (Å²) in [6.07, 6.45) is 0. The van der Waals surface area contributed by atoms with Gasteiger partial charge in [0.2, 0.25) is 5.91 Å². The highest BCUT2D eigenvalue weighted by Crippen LogP contribution is 2.28. The number of thiazole rings is 1. The summed E-state index contributed by atoms with van der Waals surface area (Å²) >= 11 is 11.9. The van der Waals surface area contributed by atoms with Crippen LogP contribution in [0.5, 0.6) is 0 Å². The number of nitrogens with zero attached hydrogens (tertiary/aromatic N) is 3. The fraction of sp³-hybridized carbons (Fsp3) is 0.0870. The summed E-state index contributed by atoms with van der Waals surface area (Å²) in [6.45, 7) is 0.146. The van der Waals surface area contributed by atoms with Crippen molar-refractivity contribution in [1.29, 1.82) is 0 Å². The number of aromatic nitrogens is 1. The molecule has 4 aromatic rings. The number of halogens is 1. The van der Waals surface area contributed by atoms with Gasteiger partial charge in [-0.05, 0) is 30.3 Å². The van der Waals surface area contributed by atoms with Crippen LogP contribution in [0.15, 0.2) is 82.1 Å². The molecule has 0 radical (unpaired) electrons. The molecule has 2 heterocycles. The summed E-state index contributed by atoms with van der Waals surface area (Å²) in [5.41, 5.74) is 4.55. The van der Waals surface area contributed by atoms with Crippen LogP contribution in [-0.2, 0) is 4.79 Å². The SMILES string of the molecule is CN1C(=O)CN=C(c2ccccc2)c2cc(Cl)ccc21.Sc1nc2ccccc2s1. The molecule has 0 fully saturated rings. The van der Waals surface area contributed by atoms with E-state index in [1.165, 1.54) is 4.70 Å². The second kappa shape index (κ2) is 9.00. The van der Waals surface area contributed by atoms with Crippen LogP contribution < -0.4 is 4.90 Å². The van der Waals surface area contributed by atoms with E-state index < -0.39 is 0 Å². The third-order valence-electron chi connectivity index (χ3n) is 4.65. The van der Waals surface area contributed by atoms with E-state index in [0.717, 1.165) is 32.4 Å². The van der Waals surface area contributed by atoms with Crippen LogP contribution in [0.4, 0.5) is 5.69 Å². The molecule has 0 saturated carbocycles. The van der Waals surface area contributed by atoms with E-state index in [2.05, 4.69) is 22.6 Å². The molecule has 150 valence electrons. The Kier molecular flexibility index (Phi) is 6.18. The number of amides is 1. The molecule has 4 nitrogen and oxygen atoms in total. The van der Waals surface area contributed by atoms with E-state index >= 15 is 0 Å². The largest absolute Gasteiger partial charge is 0.313 e. The lowest BCUT2D eigenvalue weighted by Crippen LogP contribution is -2.27. The maximum absolute atomic E-state index is 12.0. The first-order valence-electron chi connectivity index (χ1n) is 9.24. The number of rotatable bonds is 1. The Hall–Kier alpha value is -2.67. The monoisotopic (exact) mass is 451 g/mol. The summed E-state index contributed by atoms with van der Waals surface area (Å²) in [4.78, 5) is 22.3. The van der Waals surface area contributed by atoms with E-state index in [-0.39, 0.29) is 12.5 Å². The Bertz CT molecular complexity index is 1200. The van der Waals surface area contributed by atoms with Crippen molar-refractivity contribution in [2.24, 2.45) is 4.99 Å². The lowest BCUT2D eigenvalue weighted by Gasteiger charge is -2.18. The van der Waals surface area contributed by atoms with Crippen LogP contribution in [0.3, 0.4) is 0 Å². The highest BCUT2D eigenvalue weighted by atomic mass is 35.5. The lowest BCUT2D eigenvalue weighted by molar-refractivity contribution is -0.116. The number of anilines is 1. The van der Waals surface area contributed by atoms with Gasteiger partial charge in [0, 0.05) is 23.2 Å². The number of benzene rings is 3. The van der Waals surface area contributed by atoms with Crippen LogP contribution in [0.25, 0.3) is 10.2 Å². The number of carbonyl (C=O) groups excluding carboxylic acids is 1.